The van der Waals surface area contributed by atoms with Crippen LogP contribution in [0, 0.1) is 0 Å². The molecule has 0 bridgehead atoms. The Morgan fingerprint density at radius 3 is 2.45 bits per heavy atom. The van der Waals surface area contributed by atoms with Crippen molar-refractivity contribution in [2.45, 2.75) is 88.6 Å². The van der Waals surface area contributed by atoms with Gasteiger partial charge in [0.25, 0.3) is 0 Å². The standard InChI is InChI=1S/C24H33F3N2O4/c1-22(2,3)28-21(31)33-18-10-13-29(15-18)20(30)19(23(32)11-5-4-6-12-23)16-8-7-9-17(14-16)24(25,26)27/h7-9,14,18-19,32H,4-6,10-13,15H2,1-3H3,(H,28,31)/t18-,19?/m0/s1. The summed E-state index contributed by atoms with van der Waals surface area (Å²) in [5.74, 6) is -1.54. The van der Waals surface area contributed by atoms with Crippen molar-refractivity contribution in [1.29, 1.82) is 0 Å². The van der Waals surface area contributed by atoms with Crippen molar-refractivity contribution in [3.63, 3.8) is 0 Å². The molecular weight excluding hydrogens is 437 g/mol. The van der Waals surface area contributed by atoms with Gasteiger partial charge in [0.2, 0.25) is 5.91 Å². The summed E-state index contributed by atoms with van der Waals surface area (Å²) in [6.07, 6.45) is -2.20. The Balaban J connectivity index is 1.82. The van der Waals surface area contributed by atoms with Gasteiger partial charge in [-0.25, -0.2) is 4.79 Å². The number of hydrogen-bond donors (Lipinski definition) is 2. The third-order valence-electron chi connectivity index (χ3n) is 6.26. The lowest BCUT2D eigenvalue weighted by Crippen LogP contribution is -2.48. The average Bonchev–Trinajstić information content (AvgIpc) is 3.15. The van der Waals surface area contributed by atoms with Crippen molar-refractivity contribution in [2.24, 2.45) is 0 Å². The number of benzene rings is 1. The number of nitrogens with one attached hydrogen (secondary N) is 1. The zero-order chi connectivity index (χ0) is 24.4. The van der Waals surface area contributed by atoms with Gasteiger partial charge in [0.05, 0.1) is 23.6 Å². The molecule has 0 spiro atoms. The normalized spacial score (nSPS) is 22.0. The molecule has 1 aliphatic carbocycles. The summed E-state index contributed by atoms with van der Waals surface area (Å²) in [6, 6.07) is 4.68. The Morgan fingerprint density at radius 2 is 1.85 bits per heavy atom. The molecule has 184 valence electrons. The largest absolute Gasteiger partial charge is 0.444 e. The summed E-state index contributed by atoms with van der Waals surface area (Å²) < 4.78 is 45.5. The van der Waals surface area contributed by atoms with Crippen molar-refractivity contribution >= 4 is 12.0 Å². The summed E-state index contributed by atoms with van der Waals surface area (Å²) >= 11 is 0. The highest BCUT2D eigenvalue weighted by Crippen LogP contribution is 2.43. The van der Waals surface area contributed by atoms with Crippen LogP contribution in [0.5, 0.6) is 0 Å². The number of likely N-dealkylation sites (tertiary alicyclic amines) is 1. The second-order valence-electron chi connectivity index (χ2n) is 10.2. The molecule has 2 atom stereocenters. The first-order chi connectivity index (χ1) is 15.3. The van der Waals surface area contributed by atoms with Crippen molar-refractivity contribution in [3.8, 4) is 0 Å². The summed E-state index contributed by atoms with van der Waals surface area (Å²) in [5.41, 5.74) is -2.57. The number of halogens is 3. The van der Waals surface area contributed by atoms with E-state index in [9.17, 15) is 27.9 Å². The lowest BCUT2D eigenvalue weighted by molar-refractivity contribution is -0.142. The molecule has 6 nitrogen and oxygen atoms in total. The van der Waals surface area contributed by atoms with Crippen LogP contribution in [0.4, 0.5) is 18.0 Å². The smallest absolute Gasteiger partial charge is 0.416 e. The van der Waals surface area contributed by atoms with Crippen molar-refractivity contribution in [2.75, 3.05) is 13.1 Å². The van der Waals surface area contributed by atoms with Gasteiger partial charge >= 0.3 is 12.3 Å². The highest BCUT2D eigenvalue weighted by Gasteiger charge is 2.46. The molecule has 1 aromatic carbocycles. The molecule has 0 radical (unpaired) electrons. The van der Waals surface area contributed by atoms with Gasteiger partial charge in [-0.3, -0.25) is 4.79 Å². The average molecular weight is 471 g/mol. The van der Waals surface area contributed by atoms with E-state index in [4.69, 9.17) is 4.74 Å². The number of nitrogens with zero attached hydrogens (tertiary/aromatic N) is 1. The second kappa shape index (κ2) is 9.52. The van der Waals surface area contributed by atoms with E-state index in [0.717, 1.165) is 18.6 Å². The highest BCUT2D eigenvalue weighted by atomic mass is 19.4. The fraction of sp³-hybridized carbons (Fsp3) is 0.667. The fourth-order valence-corrected chi connectivity index (χ4v) is 4.72. The van der Waals surface area contributed by atoms with Gasteiger partial charge in [-0.15, -0.1) is 0 Å². The quantitative estimate of drug-likeness (QED) is 0.674. The molecule has 2 aliphatic rings. The third-order valence-corrected chi connectivity index (χ3v) is 6.26. The topological polar surface area (TPSA) is 78.9 Å². The molecule has 1 aliphatic heterocycles. The maximum absolute atomic E-state index is 13.6. The number of alkyl halides is 3. The highest BCUT2D eigenvalue weighted by molar-refractivity contribution is 5.85. The van der Waals surface area contributed by atoms with E-state index in [1.165, 1.54) is 17.0 Å². The van der Waals surface area contributed by atoms with E-state index < -0.39 is 46.9 Å². The second-order valence-corrected chi connectivity index (χ2v) is 10.2. The van der Waals surface area contributed by atoms with Crippen LogP contribution < -0.4 is 5.32 Å². The molecule has 2 amide bonds. The van der Waals surface area contributed by atoms with Gasteiger partial charge in [-0.1, -0.05) is 37.5 Å². The Morgan fingerprint density at radius 1 is 1.18 bits per heavy atom. The molecule has 1 aromatic rings. The monoisotopic (exact) mass is 470 g/mol. The first-order valence-corrected chi connectivity index (χ1v) is 11.5. The van der Waals surface area contributed by atoms with Crippen molar-refractivity contribution in [1.82, 2.24) is 10.2 Å². The van der Waals surface area contributed by atoms with Crippen molar-refractivity contribution in [3.05, 3.63) is 35.4 Å². The lowest BCUT2D eigenvalue weighted by atomic mass is 9.72. The van der Waals surface area contributed by atoms with Crippen LogP contribution in [0.2, 0.25) is 0 Å². The van der Waals surface area contributed by atoms with E-state index in [2.05, 4.69) is 5.32 Å². The minimum Gasteiger partial charge on any atom is -0.444 e. The predicted octanol–water partition coefficient (Wildman–Crippen LogP) is 4.61. The van der Waals surface area contributed by atoms with Gasteiger partial charge in [0, 0.05) is 18.5 Å². The van der Waals surface area contributed by atoms with Gasteiger partial charge in [0.1, 0.15) is 6.10 Å². The summed E-state index contributed by atoms with van der Waals surface area (Å²) in [7, 11) is 0. The number of carbonyl (C=O) groups is 2. The Bertz CT molecular complexity index is 860. The van der Waals surface area contributed by atoms with Crippen LogP contribution in [0.1, 0.15) is 76.3 Å². The Hall–Kier alpha value is -2.29. The van der Waals surface area contributed by atoms with Crippen molar-refractivity contribution < 1.29 is 32.6 Å². The Labute approximate surface area is 192 Å². The van der Waals surface area contributed by atoms with E-state index in [1.807, 2.05) is 20.8 Å². The molecular formula is C24H33F3N2O4. The number of ether oxygens (including phenoxy) is 1. The zero-order valence-electron chi connectivity index (χ0n) is 19.4. The molecule has 1 unspecified atom stereocenters. The zero-order valence-corrected chi connectivity index (χ0v) is 19.4. The van der Waals surface area contributed by atoms with Crippen LogP contribution >= 0.6 is 0 Å². The van der Waals surface area contributed by atoms with E-state index in [0.29, 0.717) is 38.6 Å². The molecule has 2 N–H and O–H groups in total. The summed E-state index contributed by atoms with van der Waals surface area (Å²) in [4.78, 5) is 27.2. The number of rotatable bonds is 4. The van der Waals surface area contributed by atoms with Gasteiger partial charge < -0.3 is 20.1 Å². The molecule has 1 saturated heterocycles. The van der Waals surface area contributed by atoms with Gasteiger partial charge in [-0.2, -0.15) is 13.2 Å². The van der Waals surface area contributed by atoms with E-state index in [1.54, 1.807) is 0 Å². The SMILES string of the molecule is CC(C)(C)NC(=O)O[C@H]1CCN(C(=O)C(c2cccc(C(F)(F)F)c2)C2(O)CCCCC2)C1. The predicted molar refractivity (Wildman–Crippen MR) is 117 cm³/mol. The van der Waals surface area contributed by atoms with E-state index in [-0.39, 0.29) is 12.1 Å². The Kier molecular flexibility index (Phi) is 7.31. The number of alkyl carbamates (subject to hydrolysis) is 1. The van der Waals surface area contributed by atoms with Crippen LogP contribution in [0.3, 0.4) is 0 Å². The minimum atomic E-state index is -4.55. The number of aliphatic hydroxyl groups is 1. The van der Waals surface area contributed by atoms with Crippen LogP contribution in [-0.4, -0.2) is 52.3 Å². The molecule has 1 saturated carbocycles. The molecule has 9 heteroatoms. The van der Waals surface area contributed by atoms with Crippen LogP contribution in [-0.2, 0) is 15.7 Å². The van der Waals surface area contributed by atoms with Crippen LogP contribution in [0.25, 0.3) is 0 Å². The summed E-state index contributed by atoms with van der Waals surface area (Å²) in [6.45, 7) is 5.91. The maximum atomic E-state index is 13.6. The molecule has 1 heterocycles. The molecule has 3 rings (SSSR count). The first kappa shape index (κ1) is 25.3. The summed E-state index contributed by atoms with van der Waals surface area (Å²) in [5, 5.41) is 14.1. The van der Waals surface area contributed by atoms with Gasteiger partial charge in [-0.05, 0) is 45.2 Å². The number of carbonyl (C=O) groups excluding carboxylic acids is 2. The number of amides is 2. The lowest BCUT2D eigenvalue weighted by Gasteiger charge is -2.40. The third kappa shape index (κ3) is 6.40. The molecule has 33 heavy (non-hydrogen) atoms. The van der Waals surface area contributed by atoms with Crippen LogP contribution in [0.15, 0.2) is 24.3 Å². The fourth-order valence-electron chi connectivity index (χ4n) is 4.72. The molecule has 0 aromatic heterocycles. The van der Waals surface area contributed by atoms with Gasteiger partial charge in [0.15, 0.2) is 0 Å². The van der Waals surface area contributed by atoms with E-state index >= 15 is 0 Å². The number of hydrogen-bond acceptors (Lipinski definition) is 4. The minimum absolute atomic E-state index is 0.141. The maximum Gasteiger partial charge on any atom is 0.416 e. The first-order valence-electron chi connectivity index (χ1n) is 11.5. The molecule has 2 fully saturated rings.